The van der Waals surface area contributed by atoms with Crippen LogP contribution in [0.5, 0.6) is 0 Å². The second-order valence-corrected chi connectivity index (χ2v) is 10.5. The van der Waals surface area contributed by atoms with Crippen molar-refractivity contribution in [3.63, 3.8) is 0 Å². The van der Waals surface area contributed by atoms with Crippen LogP contribution in [0.2, 0.25) is 0 Å². The monoisotopic (exact) mass is 384 g/mol. The summed E-state index contributed by atoms with van der Waals surface area (Å²) in [5.74, 6) is 0.938. The Morgan fingerprint density at radius 3 is 1.41 bits per heavy atom. The standard InChI is InChI=1S/C24H33O2P/c1-19-13-7-10-16-22(19,4)25-27(24(6)18-12-9-15-21(24)3)26-23(5)17-11-8-14-20(23)2/h7-21H,1-6H3. The fourth-order valence-corrected chi connectivity index (χ4v) is 5.72. The Bertz CT molecular complexity index is 689. The molecule has 3 aliphatic carbocycles. The molecule has 27 heavy (non-hydrogen) atoms. The van der Waals surface area contributed by atoms with E-state index in [0.717, 1.165) is 0 Å². The first-order valence-electron chi connectivity index (χ1n) is 9.96. The van der Waals surface area contributed by atoms with E-state index in [1.54, 1.807) is 0 Å². The zero-order chi connectivity index (χ0) is 19.7. The van der Waals surface area contributed by atoms with Crippen LogP contribution in [0, 0.1) is 17.8 Å². The first-order chi connectivity index (χ1) is 12.7. The molecule has 3 rings (SSSR count). The Labute approximate surface area is 166 Å². The Morgan fingerprint density at radius 2 is 1.00 bits per heavy atom. The summed E-state index contributed by atoms with van der Waals surface area (Å²) in [7, 11) is -1.20. The van der Waals surface area contributed by atoms with Gasteiger partial charge in [0.1, 0.15) is 0 Å². The Balaban J connectivity index is 1.94. The molecule has 0 N–H and O–H groups in total. The third-order valence-electron chi connectivity index (χ3n) is 6.50. The number of rotatable bonds is 5. The van der Waals surface area contributed by atoms with Crippen molar-refractivity contribution in [2.75, 3.05) is 0 Å². The summed E-state index contributed by atoms with van der Waals surface area (Å²) >= 11 is 0. The van der Waals surface area contributed by atoms with Crippen LogP contribution in [-0.2, 0) is 9.05 Å². The van der Waals surface area contributed by atoms with Crippen LogP contribution in [0.4, 0.5) is 0 Å². The van der Waals surface area contributed by atoms with E-state index in [-0.39, 0.29) is 16.4 Å². The highest BCUT2D eigenvalue weighted by Gasteiger charge is 2.48. The first-order valence-corrected chi connectivity index (χ1v) is 11.1. The fourth-order valence-electron chi connectivity index (χ4n) is 3.50. The third-order valence-corrected chi connectivity index (χ3v) is 8.96. The summed E-state index contributed by atoms with van der Waals surface area (Å²) in [6, 6.07) is 0. The molecule has 0 fully saturated rings. The molecule has 0 aliphatic heterocycles. The Kier molecular flexibility index (Phi) is 5.82. The molecule has 3 aliphatic rings. The summed E-state index contributed by atoms with van der Waals surface area (Å²) in [4.78, 5) is 0. The molecule has 0 aromatic carbocycles. The summed E-state index contributed by atoms with van der Waals surface area (Å²) in [5.41, 5.74) is -0.738. The molecule has 0 aromatic rings. The normalized spacial score (nSPS) is 44.0. The van der Waals surface area contributed by atoms with E-state index in [4.69, 9.17) is 9.05 Å². The van der Waals surface area contributed by atoms with Crippen LogP contribution in [0.15, 0.2) is 72.9 Å². The van der Waals surface area contributed by atoms with Crippen LogP contribution in [0.1, 0.15) is 41.5 Å². The predicted octanol–water partition coefficient (Wildman–Crippen LogP) is 6.89. The summed E-state index contributed by atoms with van der Waals surface area (Å²) in [6.07, 6.45) is 25.9. The fraction of sp³-hybridized carbons (Fsp3) is 0.500. The van der Waals surface area contributed by atoms with Crippen LogP contribution >= 0.6 is 8.38 Å². The molecular weight excluding hydrogens is 351 g/mol. The maximum Gasteiger partial charge on any atom is 0.183 e. The number of hydrogen-bond acceptors (Lipinski definition) is 2. The van der Waals surface area contributed by atoms with Gasteiger partial charge in [-0.25, -0.2) is 0 Å². The van der Waals surface area contributed by atoms with Gasteiger partial charge in [-0.15, -0.1) is 0 Å². The van der Waals surface area contributed by atoms with E-state index in [1.165, 1.54) is 0 Å². The summed E-state index contributed by atoms with van der Waals surface area (Å²) in [5, 5.41) is -0.181. The zero-order valence-electron chi connectivity index (χ0n) is 17.4. The van der Waals surface area contributed by atoms with E-state index in [0.29, 0.717) is 17.8 Å². The largest absolute Gasteiger partial charge is 0.322 e. The third kappa shape index (κ3) is 3.99. The van der Waals surface area contributed by atoms with Crippen molar-refractivity contribution in [3.8, 4) is 0 Å². The van der Waals surface area contributed by atoms with Crippen LogP contribution in [-0.4, -0.2) is 16.4 Å². The zero-order valence-corrected chi connectivity index (χ0v) is 18.3. The van der Waals surface area contributed by atoms with Crippen LogP contribution < -0.4 is 0 Å². The van der Waals surface area contributed by atoms with Gasteiger partial charge in [0.25, 0.3) is 0 Å². The average molecular weight is 385 g/mol. The predicted molar refractivity (Wildman–Crippen MR) is 117 cm³/mol. The van der Waals surface area contributed by atoms with E-state index >= 15 is 0 Å². The van der Waals surface area contributed by atoms with E-state index in [1.807, 2.05) is 0 Å². The van der Waals surface area contributed by atoms with Gasteiger partial charge in [-0.05, 0) is 26.7 Å². The highest BCUT2D eigenvalue weighted by atomic mass is 31.2. The van der Waals surface area contributed by atoms with Crippen molar-refractivity contribution in [2.45, 2.75) is 57.9 Å². The topological polar surface area (TPSA) is 18.5 Å². The lowest BCUT2D eigenvalue weighted by Gasteiger charge is -2.47. The van der Waals surface area contributed by atoms with Gasteiger partial charge >= 0.3 is 0 Å². The van der Waals surface area contributed by atoms with E-state index in [9.17, 15) is 0 Å². The Hall–Kier alpha value is -1.21. The summed E-state index contributed by atoms with van der Waals surface area (Å²) < 4.78 is 13.8. The molecule has 0 amide bonds. The molecule has 0 radical (unpaired) electrons. The van der Waals surface area contributed by atoms with Crippen LogP contribution in [0.3, 0.4) is 0 Å². The lowest BCUT2D eigenvalue weighted by atomic mass is 9.87. The van der Waals surface area contributed by atoms with Gasteiger partial charge in [0.2, 0.25) is 0 Å². The maximum absolute atomic E-state index is 6.88. The lowest BCUT2D eigenvalue weighted by Crippen LogP contribution is -2.42. The van der Waals surface area contributed by atoms with Gasteiger partial charge < -0.3 is 9.05 Å². The lowest BCUT2D eigenvalue weighted by molar-refractivity contribution is 0.0407. The molecule has 0 spiro atoms. The molecule has 6 atom stereocenters. The highest BCUT2D eigenvalue weighted by Crippen LogP contribution is 2.63. The van der Waals surface area contributed by atoms with Gasteiger partial charge in [0, 0.05) is 11.8 Å². The Morgan fingerprint density at radius 1 is 0.593 bits per heavy atom. The molecule has 0 saturated heterocycles. The molecule has 0 heterocycles. The van der Waals surface area contributed by atoms with Crippen molar-refractivity contribution in [1.82, 2.24) is 0 Å². The highest BCUT2D eigenvalue weighted by molar-refractivity contribution is 7.49. The molecule has 0 aromatic heterocycles. The smallest absolute Gasteiger partial charge is 0.183 e. The van der Waals surface area contributed by atoms with E-state index < -0.39 is 8.38 Å². The molecule has 2 nitrogen and oxygen atoms in total. The van der Waals surface area contributed by atoms with Crippen molar-refractivity contribution in [2.24, 2.45) is 17.8 Å². The number of allylic oxidation sites excluding steroid dienone is 8. The van der Waals surface area contributed by atoms with Gasteiger partial charge in [-0.1, -0.05) is 93.7 Å². The van der Waals surface area contributed by atoms with Gasteiger partial charge in [-0.3, -0.25) is 0 Å². The molecule has 6 unspecified atom stereocenters. The quantitative estimate of drug-likeness (QED) is 0.480. The number of hydrogen-bond donors (Lipinski definition) is 0. The van der Waals surface area contributed by atoms with Gasteiger partial charge in [-0.2, -0.15) is 0 Å². The van der Waals surface area contributed by atoms with Gasteiger partial charge in [0.05, 0.1) is 16.4 Å². The minimum absolute atomic E-state index is 0.181. The van der Waals surface area contributed by atoms with Crippen LogP contribution in [0.25, 0.3) is 0 Å². The second kappa shape index (κ2) is 7.66. The van der Waals surface area contributed by atoms with Crippen molar-refractivity contribution in [1.29, 1.82) is 0 Å². The van der Waals surface area contributed by atoms with Gasteiger partial charge in [0.15, 0.2) is 8.38 Å². The second-order valence-electron chi connectivity index (χ2n) is 8.63. The maximum atomic E-state index is 6.88. The minimum atomic E-state index is -1.20. The minimum Gasteiger partial charge on any atom is -0.322 e. The average Bonchev–Trinajstić information content (AvgIpc) is 2.62. The molecular formula is C24H33O2P. The van der Waals surface area contributed by atoms with E-state index in [2.05, 4.69) is 114 Å². The first kappa shape index (κ1) is 20.5. The van der Waals surface area contributed by atoms with Crippen molar-refractivity contribution >= 4 is 8.38 Å². The molecule has 0 saturated carbocycles. The SMILES string of the molecule is CC1C=CC=CC1(C)OP(OC1(C)C=CC=CC1C)C1(C)C=CC=CC1C. The van der Waals surface area contributed by atoms with Crippen molar-refractivity contribution in [3.05, 3.63) is 72.9 Å². The van der Waals surface area contributed by atoms with Crippen molar-refractivity contribution < 1.29 is 9.05 Å². The molecule has 3 heteroatoms. The molecule has 146 valence electrons. The summed E-state index contributed by atoms with van der Waals surface area (Å²) in [6.45, 7) is 13.3. The molecule has 0 bridgehead atoms.